The van der Waals surface area contributed by atoms with Crippen LogP contribution in [0.15, 0.2) is 77.8 Å². The molecule has 5 rings (SSSR count). The number of hydrogen-bond acceptors (Lipinski definition) is 4. The summed E-state index contributed by atoms with van der Waals surface area (Å²) in [4.78, 5) is 4.71. The average Bonchev–Trinajstić information content (AvgIpc) is 3.33. The highest BCUT2D eigenvalue weighted by Crippen LogP contribution is 2.49. The molecule has 0 aromatic heterocycles. The first-order valence-electron chi connectivity index (χ1n) is 11.3. The number of aliphatic imine (C=N–C) groups is 1. The monoisotopic (exact) mass is 550 g/mol. The summed E-state index contributed by atoms with van der Waals surface area (Å²) in [5.41, 5.74) is 5.88. The first kappa shape index (κ1) is 22.0. The van der Waals surface area contributed by atoms with Crippen molar-refractivity contribution in [2.75, 3.05) is 19.0 Å². The molecule has 5 heteroatoms. The lowest BCUT2D eigenvalue weighted by Gasteiger charge is -2.37. The summed E-state index contributed by atoms with van der Waals surface area (Å²) in [5, 5.41) is 3.79. The molecular formula is C28H27IN2O2. The number of allylic oxidation sites excluding steroid dienone is 2. The van der Waals surface area contributed by atoms with E-state index in [1.54, 1.807) is 7.11 Å². The quantitative estimate of drug-likeness (QED) is 0.199. The predicted octanol–water partition coefficient (Wildman–Crippen LogP) is 7.28. The summed E-state index contributed by atoms with van der Waals surface area (Å²) in [6.07, 6.45) is 7.69. The Morgan fingerprint density at radius 1 is 1.12 bits per heavy atom. The fraction of sp³-hybridized carbons (Fsp3) is 0.250. The lowest BCUT2D eigenvalue weighted by atomic mass is 9.77. The second kappa shape index (κ2) is 9.59. The number of rotatable bonds is 6. The molecule has 3 aromatic rings. The summed E-state index contributed by atoms with van der Waals surface area (Å²) in [5.74, 6) is 2.54. The van der Waals surface area contributed by atoms with Gasteiger partial charge in [0.2, 0.25) is 0 Å². The first-order valence-corrected chi connectivity index (χ1v) is 12.4. The molecule has 1 heterocycles. The third kappa shape index (κ3) is 4.38. The zero-order chi connectivity index (χ0) is 22.8. The Balaban J connectivity index is 1.36. The molecule has 0 fully saturated rings. The Labute approximate surface area is 208 Å². The smallest absolute Gasteiger partial charge is 0.174 e. The number of nitrogens with zero attached hydrogens (tertiary/aromatic N) is 1. The Morgan fingerprint density at radius 3 is 2.73 bits per heavy atom. The van der Waals surface area contributed by atoms with Gasteiger partial charge in [-0.2, -0.15) is 0 Å². The van der Waals surface area contributed by atoms with E-state index in [9.17, 15) is 0 Å². The predicted molar refractivity (Wildman–Crippen MR) is 143 cm³/mol. The van der Waals surface area contributed by atoms with Gasteiger partial charge in [-0.05, 0) is 88.9 Å². The SMILES string of the molecule is CCOc1cc(C=Nc2ccc([C@@H]3Nc4ccccc4[C@H]4C=CC[C@H]43)cc2)cc(I)c1OC. The van der Waals surface area contributed by atoms with Gasteiger partial charge in [0.15, 0.2) is 11.5 Å². The van der Waals surface area contributed by atoms with E-state index in [0.717, 1.165) is 32.7 Å². The van der Waals surface area contributed by atoms with E-state index in [4.69, 9.17) is 14.5 Å². The van der Waals surface area contributed by atoms with E-state index in [0.29, 0.717) is 24.5 Å². The van der Waals surface area contributed by atoms with Crippen molar-refractivity contribution in [2.24, 2.45) is 10.9 Å². The van der Waals surface area contributed by atoms with Crippen LogP contribution in [0.1, 0.15) is 42.0 Å². The van der Waals surface area contributed by atoms with E-state index in [-0.39, 0.29) is 0 Å². The summed E-state index contributed by atoms with van der Waals surface area (Å²) >= 11 is 2.27. The van der Waals surface area contributed by atoms with E-state index in [1.165, 1.54) is 16.8 Å². The maximum absolute atomic E-state index is 5.74. The molecule has 1 aliphatic carbocycles. The number of fused-ring (bicyclic) bond motifs is 3. The first-order chi connectivity index (χ1) is 16.2. The molecule has 1 aliphatic heterocycles. The molecule has 0 bridgehead atoms. The van der Waals surface area contributed by atoms with Gasteiger partial charge >= 0.3 is 0 Å². The number of nitrogens with one attached hydrogen (secondary N) is 1. The van der Waals surface area contributed by atoms with Crippen molar-refractivity contribution in [1.29, 1.82) is 0 Å². The number of para-hydroxylation sites is 1. The highest BCUT2D eigenvalue weighted by atomic mass is 127. The van der Waals surface area contributed by atoms with Crippen molar-refractivity contribution >= 4 is 40.2 Å². The van der Waals surface area contributed by atoms with Crippen LogP contribution in [-0.4, -0.2) is 19.9 Å². The van der Waals surface area contributed by atoms with E-state index >= 15 is 0 Å². The molecule has 33 heavy (non-hydrogen) atoms. The molecular weight excluding hydrogens is 523 g/mol. The van der Waals surface area contributed by atoms with Crippen LogP contribution in [-0.2, 0) is 0 Å². The van der Waals surface area contributed by atoms with Gasteiger partial charge in [0.1, 0.15) is 0 Å². The van der Waals surface area contributed by atoms with Gasteiger partial charge in [0, 0.05) is 17.8 Å². The molecule has 0 saturated carbocycles. The molecule has 0 unspecified atom stereocenters. The normalized spacial score (nSPS) is 20.9. The number of hydrogen-bond donors (Lipinski definition) is 1. The second-order valence-electron chi connectivity index (χ2n) is 8.38. The minimum Gasteiger partial charge on any atom is -0.492 e. The van der Waals surface area contributed by atoms with E-state index in [1.807, 2.05) is 19.2 Å². The number of halogens is 1. The van der Waals surface area contributed by atoms with Crippen LogP contribution in [0.4, 0.5) is 11.4 Å². The summed E-state index contributed by atoms with van der Waals surface area (Å²) in [7, 11) is 1.67. The van der Waals surface area contributed by atoms with Crippen LogP contribution in [0, 0.1) is 9.49 Å². The molecule has 3 aromatic carbocycles. The summed E-state index contributed by atoms with van der Waals surface area (Å²) in [6, 6.07) is 21.6. The minimum absolute atomic E-state index is 0.301. The second-order valence-corrected chi connectivity index (χ2v) is 9.54. The van der Waals surface area contributed by atoms with Crippen molar-refractivity contribution < 1.29 is 9.47 Å². The molecule has 2 aliphatic rings. The fourth-order valence-electron chi connectivity index (χ4n) is 4.91. The van der Waals surface area contributed by atoms with Crippen LogP contribution in [0.2, 0.25) is 0 Å². The van der Waals surface area contributed by atoms with Gasteiger partial charge in [-0.1, -0.05) is 42.5 Å². The van der Waals surface area contributed by atoms with Gasteiger partial charge in [-0.25, -0.2) is 0 Å². The Bertz CT molecular complexity index is 1200. The van der Waals surface area contributed by atoms with Crippen molar-refractivity contribution in [2.45, 2.75) is 25.3 Å². The lowest BCUT2D eigenvalue weighted by molar-refractivity contribution is 0.309. The van der Waals surface area contributed by atoms with Gasteiger partial charge < -0.3 is 14.8 Å². The minimum atomic E-state index is 0.301. The number of methoxy groups -OCH3 is 1. The van der Waals surface area contributed by atoms with Crippen LogP contribution >= 0.6 is 22.6 Å². The van der Waals surface area contributed by atoms with Crippen molar-refractivity contribution in [3.8, 4) is 11.5 Å². The van der Waals surface area contributed by atoms with E-state index < -0.39 is 0 Å². The van der Waals surface area contributed by atoms with Crippen LogP contribution < -0.4 is 14.8 Å². The van der Waals surface area contributed by atoms with E-state index in [2.05, 4.69) is 94.7 Å². The fourth-order valence-corrected chi connectivity index (χ4v) is 5.76. The third-order valence-electron chi connectivity index (χ3n) is 6.42. The van der Waals surface area contributed by atoms with Gasteiger partial charge in [-0.3, -0.25) is 4.99 Å². The number of ether oxygens (including phenoxy) is 2. The molecule has 168 valence electrons. The molecule has 3 atom stereocenters. The lowest BCUT2D eigenvalue weighted by Crippen LogP contribution is -2.28. The molecule has 4 nitrogen and oxygen atoms in total. The van der Waals surface area contributed by atoms with Crippen molar-refractivity contribution in [3.05, 3.63) is 93.1 Å². The largest absolute Gasteiger partial charge is 0.492 e. The van der Waals surface area contributed by atoms with Gasteiger partial charge in [0.05, 0.1) is 29.0 Å². The molecule has 0 saturated heterocycles. The molecule has 0 spiro atoms. The van der Waals surface area contributed by atoms with Crippen LogP contribution in [0.25, 0.3) is 0 Å². The summed E-state index contributed by atoms with van der Waals surface area (Å²) in [6.45, 7) is 2.56. The Kier molecular flexibility index (Phi) is 6.40. The topological polar surface area (TPSA) is 42.8 Å². The molecule has 1 N–H and O–H groups in total. The Hall–Kier alpha value is -2.80. The zero-order valence-corrected chi connectivity index (χ0v) is 21.0. The van der Waals surface area contributed by atoms with Gasteiger partial charge in [-0.15, -0.1) is 0 Å². The average molecular weight is 550 g/mol. The van der Waals surface area contributed by atoms with Crippen LogP contribution in [0.3, 0.4) is 0 Å². The highest BCUT2D eigenvalue weighted by Gasteiger charge is 2.37. The standard InChI is InChI=1S/C28H27IN2O2/c1-3-33-26-16-18(15-24(29)28(26)32-2)17-30-20-13-11-19(12-14-20)27-23-9-6-8-21(23)22-7-4-5-10-25(22)31-27/h4-8,10-17,21,23,27,31H,3,9H2,1-2H3/t21-,23-,27+/m1/s1. The maximum Gasteiger partial charge on any atom is 0.174 e. The third-order valence-corrected chi connectivity index (χ3v) is 7.22. The van der Waals surface area contributed by atoms with Crippen molar-refractivity contribution in [3.63, 3.8) is 0 Å². The van der Waals surface area contributed by atoms with Crippen molar-refractivity contribution in [1.82, 2.24) is 0 Å². The Morgan fingerprint density at radius 2 is 1.94 bits per heavy atom. The number of benzene rings is 3. The zero-order valence-electron chi connectivity index (χ0n) is 18.8. The van der Waals surface area contributed by atoms with Crippen LogP contribution in [0.5, 0.6) is 11.5 Å². The molecule has 0 amide bonds. The maximum atomic E-state index is 5.74. The van der Waals surface area contributed by atoms with Gasteiger partial charge in [0.25, 0.3) is 0 Å². The highest BCUT2D eigenvalue weighted by molar-refractivity contribution is 14.1. The number of anilines is 1. The molecule has 0 radical (unpaired) electrons. The summed E-state index contributed by atoms with van der Waals surface area (Å²) < 4.78 is 12.2.